The molecule has 132 valence electrons. The molecular formula is C18H12ClF2N3O2. The van der Waals surface area contributed by atoms with Gasteiger partial charge in [-0.3, -0.25) is 4.79 Å². The lowest BCUT2D eigenvalue weighted by Gasteiger charge is -2.10. The van der Waals surface area contributed by atoms with Crippen LogP contribution in [0, 0.1) is 11.6 Å². The third-order valence-corrected chi connectivity index (χ3v) is 3.75. The van der Waals surface area contributed by atoms with Crippen LogP contribution in [0.3, 0.4) is 0 Å². The fourth-order valence-electron chi connectivity index (χ4n) is 2.24. The van der Waals surface area contributed by atoms with E-state index >= 15 is 0 Å². The first kappa shape index (κ1) is 17.8. The van der Waals surface area contributed by atoms with Crippen molar-refractivity contribution in [3.05, 3.63) is 76.6 Å². The van der Waals surface area contributed by atoms with Crippen molar-refractivity contribution < 1.29 is 18.3 Å². The predicted octanol–water partition coefficient (Wildman–Crippen LogP) is 3.75. The number of primary amides is 1. The molecule has 2 N–H and O–H groups in total. The van der Waals surface area contributed by atoms with E-state index in [0.717, 1.165) is 17.7 Å². The third kappa shape index (κ3) is 3.78. The normalized spacial score (nSPS) is 10.6. The minimum absolute atomic E-state index is 0.107. The second-order valence-electron chi connectivity index (χ2n) is 5.27. The highest BCUT2D eigenvalue weighted by atomic mass is 35.5. The summed E-state index contributed by atoms with van der Waals surface area (Å²) in [6, 6.07) is 10.5. The van der Waals surface area contributed by atoms with Crippen LogP contribution in [0.4, 0.5) is 8.78 Å². The molecule has 1 heterocycles. The second-order valence-corrected chi connectivity index (χ2v) is 5.70. The first-order chi connectivity index (χ1) is 12.5. The molecule has 0 aliphatic carbocycles. The van der Waals surface area contributed by atoms with Gasteiger partial charge in [0.1, 0.15) is 18.0 Å². The quantitative estimate of drug-likeness (QED) is 0.736. The summed E-state index contributed by atoms with van der Waals surface area (Å²) >= 11 is 5.85. The van der Waals surface area contributed by atoms with Gasteiger partial charge in [0.05, 0.1) is 5.69 Å². The monoisotopic (exact) mass is 375 g/mol. The maximum atomic E-state index is 14.2. The topological polar surface area (TPSA) is 78.1 Å². The molecule has 0 aliphatic rings. The smallest absolute Gasteiger partial charge is 0.254 e. The summed E-state index contributed by atoms with van der Waals surface area (Å²) in [6.07, 6.45) is 1.53. The molecule has 1 aromatic heterocycles. The molecule has 3 aromatic rings. The number of nitrogens with two attached hydrogens (primary N) is 1. The molecule has 0 unspecified atom stereocenters. The number of rotatable bonds is 5. The maximum absolute atomic E-state index is 14.2. The molecule has 3 rings (SSSR count). The fourth-order valence-corrected chi connectivity index (χ4v) is 2.36. The molecule has 1 amide bonds. The van der Waals surface area contributed by atoms with Gasteiger partial charge in [-0.2, -0.15) is 0 Å². The zero-order chi connectivity index (χ0) is 18.7. The Kier molecular flexibility index (Phi) is 5.09. The molecule has 8 heteroatoms. The van der Waals surface area contributed by atoms with Gasteiger partial charge in [0.2, 0.25) is 0 Å². The van der Waals surface area contributed by atoms with Crippen LogP contribution in [-0.4, -0.2) is 15.9 Å². The van der Waals surface area contributed by atoms with Crippen molar-refractivity contribution in [3.8, 4) is 17.1 Å². The van der Waals surface area contributed by atoms with Crippen LogP contribution in [0.25, 0.3) is 11.4 Å². The summed E-state index contributed by atoms with van der Waals surface area (Å²) in [5.41, 5.74) is 5.36. The Morgan fingerprint density at radius 1 is 1.12 bits per heavy atom. The maximum Gasteiger partial charge on any atom is 0.254 e. The molecule has 0 fully saturated rings. The summed E-state index contributed by atoms with van der Waals surface area (Å²) < 4.78 is 33.0. The zero-order valence-corrected chi connectivity index (χ0v) is 14.0. The fraction of sp³-hybridized carbons (Fsp3) is 0.0556. The Bertz CT molecular complexity index is 965. The summed E-state index contributed by atoms with van der Waals surface area (Å²) in [7, 11) is 0. The number of amides is 1. The molecule has 0 radical (unpaired) electrons. The molecule has 0 saturated carbocycles. The van der Waals surface area contributed by atoms with Crippen molar-refractivity contribution in [1.82, 2.24) is 9.97 Å². The van der Waals surface area contributed by atoms with Gasteiger partial charge in [0.15, 0.2) is 17.4 Å². The average molecular weight is 376 g/mol. The Balaban J connectivity index is 1.81. The van der Waals surface area contributed by atoms with Crippen molar-refractivity contribution in [2.24, 2.45) is 5.73 Å². The lowest BCUT2D eigenvalue weighted by Crippen LogP contribution is -2.16. The van der Waals surface area contributed by atoms with Crippen LogP contribution in [0.1, 0.15) is 16.1 Å². The van der Waals surface area contributed by atoms with E-state index < -0.39 is 23.1 Å². The molecule has 0 bridgehead atoms. The highest BCUT2D eigenvalue weighted by Gasteiger charge is 2.19. The van der Waals surface area contributed by atoms with E-state index in [4.69, 9.17) is 22.1 Å². The van der Waals surface area contributed by atoms with Crippen LogP contribution in [0.15, 0.2) is 48.7 Å². The number of hydrogen-bond acceptors (Lipinski definition) is 4. The summed E-state index contributed by atoms with van der Waals surface area (Å²) in [5.74, 6) is -3.26. The van der Waals surface area contributed by atoms with E-state index in [9.17, 15) is 13.6 Å². The largest absolute Gasteiger partial charge is 0.484 e. The molecular weight excluding hydrogens is 364 g/mol. The number of halogens is 3. The number of aromatic nitrogens is 2. The van der Waals surface area contributed by atoms with E-state index in [1.165, 1.54) is 6.20 Å². The summed E-state index contributed by atoms with van der Waals surface area (Å²) in [5, 5.41) is 0.588. The minimum Gasteiger partial charge on any atom is -0.484 e. The average Bonchev–Trinajstić information content (AvgIpc) is 2.62. The van der Waals surface area contributed by atoms with E-state index in [2.05, 4.69) is 9.97 Å². The summed E-state index contributed by atoms with van der Waals surface area (Å²) in [4.78, 5) is 19.6. The zero-order valence-electron chi connectivity index (χ0n) is 13.2. The molecule has 0 saturated heterocycles. The number of carbonyl (C=O) groups is 1. The first-order valence-electron chi connectivity index (χ1n) is 7.44. The molecule has 0 aliphatic heterocycles. The Morgan fingerprint density at radius 3 is 2.54 bits per heavy atom. The van der Waals surface area contributed by atoms with Gasteiger partial charge in [0, 0.05) is 16.8 Å². The number of benzene rings is 2. The Morgan fingerprint density at radius 2 is 1.85 bits per heavy atom. The van der Waals surface area contributed by atoms with Crippen molar-refractivity contribution in [1.29, 1.82) is 0 Å². The Hall–Kier alpha value is -3.06. The summed E-state index contributed by atoms with van der Waals surface area (Å²) in [6.45, 7) is -0.107. The number of ether oxygens (including phenoxy) is 1. The number of hydrogen-bond donors (Lipinski definition) is 1. The number of carbonyl (C=O) groups excluding carboxylic acids is 1. The van der Waals surface area contributed by atoms with E-state index in [-0.39, 0.29) is 12.4 Å². The lowest BCUT2D eigenvalue weighted by molar-refractivity contribution is 0.0991. The molecule has 2 aromatic carbocycles. The first-order valence-corrected chi connectivity index (χ1v) is 7.82. The van der Waals surface area contributed by atoms with Gasteiger partial charge < -0.3 is 10.5 Å². The lowest BCUT2D eigenvalue weighted by atomic mass is 10.1. The highest BCUT2D eigenvalue weighted by Crippen LogP contribution is 2.24. The van der Waals surface area contributed by atoms with Gasteiger partial charge in [-0.15, -0.1) is 0 Å². The van der Waals surface area contributed by atoms with Crippen LogP contribution in [0.2, 0.25) is 5.02 Å². The van der Waals surface area contributed by atoms with E-state index in [1.54, 1.807) is 30.3 Å². The van der Waals surface area contributed by atoms with E-state index in [0.29, 0.717) is 16.5 Å². The Labute approximate surface area is 152 Å². The van der Waals surface area contributed by atoms with Gasteiger partial charge in [0.25, 0.3) is 5.91 Å². The highest BCUT2D eigenvalue weighted by molar-refractivity contribution is 6.30. The van der Waals surface area contributed by atoms with Gasteiger partial charge >= 0.3 is 0 Å². The standard InChI is InChI=1S/C18H12ClF2N3O2/c19-11-3-1-10(2-4-11)18-23-8-7-12(24-18)9-26-14-6-5-13(20)15(16(14)21)17(22)25/h1-8H,9H2,(H2,22,25). The third-order valence-electron chi connectivity index (χ3n) is 3.49. The molecule has 0 atom stereocenters. The van der Waals surface area contributed by atoms with Gasteiger partial charge in [-0.05, 0) is 42.5 Å². The van der Waals surface area contributed by atoms with Gasteiger partial charge in [-0.25, -0.2) is 18.7 Å². The second kappa shape index (κ2) is 7.45. The van der Waals surface area contributed by atoms with Crippen LogP contribution < -0.4 is 10.5 Å². The van der Waals surface area contributed by atoms with Crippen molar-refractivity contribution in [2.45, 2.75) is 6.61 Å². The van der Waals surface area contributed by atoms with Crippen molar-refractivity contribution in [2.75, 3.05) is 0 Å². The van der Waals surface area contributed by atoms with Crippen molar-refractivity contribution in [3.63, 3.8) is 0 Å². The molecule has 0 spiro atoms. The van der Waals surface area contributed by atoms with Gasteiger partial charge in [-0.1, -0.05) is 11.6 Å². The van der Waals surface area contributed by atoms with E-state index in [1.807, 2.05) is 0 Å². The van der Waals surface area contributed by atoms with Crippen LogP contribution in [-0.2, 0) is 6.61 Å². The predicted molar refractivity (Wildman–Crippen MR) is 91.7 cm³/mol. The number of nitrogens with zero attached hydrogens (tertiary/aromatic N) is 2. The molecule has 26 heavy (non-hydrogen) atoms. The SMILES string of the molecule is NC(=O)c1c(F)ccc(OCc2ccnc(-c3ccc(Cl)cc3)n2)c1F. The van der Waals surface area contributed by atoms with Crippen LogP contribution >= 0.6 is 11.6 Å². The van der Waals surface area contributed by atoms with Crippen LogP contribution in [0.5, 0.6) is 5.75 Å². The minimum atomic E-state index is -1.21. The molecule has 5 nitrogen and oxygen atoms in total. The van der Waals surface area contributed by atoms with Crippen molar-refractivity contribution >= 4 is 17.5 Å².